The highest BCUT2D eigenvalue weighted by molar-refractivity contribution is 9.10. The number of hydrogen-bond acceptors (Lipinski definition) is 3. The summed E-state index contributed by atoms with van der Waals surface area (Å²) in [4.78, 5) is 12.2. The van der Waals surface area contributed by atoms with Crippen molar-refractivity contribution in [2.75, 3.05) is 6.61 Å². The Hall–Kier alpha value is -2.37. The van der Waals surface area contributed by atoms with Crippen LogP contribution in [0.4, 0.5) is 0 Å². The molecule has 4 nitrogen and oxygen atoms in total. The van der Waals surface area contributed by atoms with E-state index in [0.29, 0.717) is 11.3 Å². The molecule has 0 saturated carbocycles. The number of carbonyl (C=O) groups is 1. The topological polar surface area (TPSA) is 58.6 Å². The minimum Gasteiger partial charge on any atom is -0.483 e. The number of hydrogen-bond donors (Lipinski definition) is 2. The van der Waals surface area contributed by atoms with Crippen molar-refractivity contribution < 1.29 is 14.6 Å². The molecular weight excluding hydrogens is 394 g/mol. The zero-order valence-corrected chi connectivity index (χ0v) is 16.0. The molecule has 134 valence electrons. The van der Waals surface area contributed by atoms with Crippen molar-refractivity contribution in [1.29, 1.82) is 0 Å². The van der Waals surface area contributed by atoms with Crippen molar-refractivity contribution in [2.45, 2.75) is 19.6 Å². The van der Waals surface area contributed by atoms with E-state index in [9.17, 15) is 9.90 Å². The van der Waals surface area contributed by atoms with Crippen LogP contribution in [0.25, 0.3) is 10.8 Å². The van der Waals surface area contributed by atoms with Crippen molar-refractivity contribution >= 4 is 32.6 Å². The molecule has 26 heavy (non-hydrogen) atoms. The maximum atomic E-state index is 12.2. The van der Waals surface area contributed by atoms with Crippen LogP contribution in [0.15, 0.2) is 65.1 Å². The van der Waals surface area contributed by atoms with Crippen LogP contribution in [0.2, 0.25) is 0 Å². The summed E-state index contributed by atoms with van der Waals surface area (Å²) in [5.74, 6) is 0.293. The molecule has 3 aromatic rings. The number of carbonyl (C=O) groups excluding carboxylic acids is 1. The summed E-state index contributed by atoms with van der Waals surface area (Å²) >= 11 is 3.35. The van der Waals surface area contributed by atoms with Gasteiger partial charge in [0.15, 0.2) is 6.61 Å². The highest BCUT2D eigenvalue weighted by Gasteiger charge is 2.12. The Labute approximate surface area is 160 Å². The third-order valence-corrected chi connectivity index (χ3v) is 4.70. The number of aliphatic hydroxyl groups excluding tert-OH is 1. The molecule has 0 aliphatic rings. The molecule has 0 fully saturated rings. The number of ether oxygens (including phenoxy) is 1. The zero-order chi connectivity index (χ0) is 18.5. The van der Waals surface area contributed by atoms with Gasteiger partial charge in [-0.2, -0.15) is 0 Å². The second-order valence-corrected chi connectivity index (χ2v) is 7.01. The van der Waals surface area contributed by atoms with E-state index >= 15 is 0 Å². The van der Waals surface area contributed by atoms with Crippen molar-refractivity contribution in [1.82, 2.24) is 5.32 Å². The number of benzene rings is 3. The molecule has 0 spiro atoms. The van der Waals surface area contributed by atoms with Gasteiger partial charge in [-0.25, -0.2) is 0 Å². The van der Waals surface area contributed by atoms with Crippen molar-refractivity contribution in [3.8, 4) is 5.75 Å². The molecule has 1 amide bonds. The van der Waals surface area contributed by atoms with Gasteiger partial charge in [0.1, 0.15) is 5.75 Å². The lowest BCUT2D eigenvalue weighted by Gasteiger charge is -2.16. The quantitative estimate of drug-likeness (QED) is 0.631. The first-order valence-corrected chi connectivity index (χ1v) is 9.16. The smallest absolute Gasteiger partial charge is 0.258 e. The first-order valence-electron chi connectivity index (χ1n) is 8.37. The second kappa shape index (κ2) is 8.34. The normalized spacial score (nSPS) is 12.0. The summed E-state index contributed by atoms with van der Waals surface area (Å²) in [6.45, 7) is 1.69. The number of amides is 1. The number of nitrogens with one attached hydrogen (secondary N) is 1. The van der Waals surface area contributed by atoms with Crippen LogP contribution in [0.1, 0.15) is 24.1 Å². The Balaban J connectivity index is 1.62. The summed E-state index contributed by atoms with van der Waals surface area (Å²) in [5.41, 5.74) is 1.67. The van der Waals surface area contributed by atoms with Crippen LogP contribution in [-0.4, -0.2) is 17.6 Å². The van der Waals surface area contributed by atoms with Crippen LogP contribution in [0.5, 0.6) is 5.75 Å². The third-order valence-electron chi connectivity index (χ3n) is 4.20. The van der Waals surface area contributed by atoms with Crippen LogP contribution in [0, 0.1) is 0 Å². The van der Waals surface area contributed by atoms with E-state index in [1.54, 1.807) is 12.1 Å². The largest absolute Gasteiger partial charge is 0.483 e. The van der Waals surface area contributed by atoms with E-state index in [1.807, 2.05) is 31.2 Å². The molecule has 1 unspecified atom stereocenters. The van der Waals surface area contributed by atoms with Gasteiger partial charge >= 0.3 is 0 Å². The van der Waals surface area contributed by atoms with Gasteiger partial charge in [0, 0.05) is 10.0 Å². The molecule has 5 heteroatoms. The summed E-state index contributed by atoms with van der Waals surface area (Å²) < 4.78 is 6.41. The third kappa shape index (κ3) is 4.42. The van der Waals surface area contributed by atoms with Crippen LogP contribution < -0.4 is 10.1 Å². The van der Waals surface area contributed by atoms with E-state index in [0.717, 1.165) is 15.4 Å². The minimum absolute atomic E-state index is 0.105. The molecule has 0 aromatic heterocycles. The van der Waals surface area contributed by atoms with Gasteiger partial charge in [-0.05, 0) is 47.5 Å². The first-order chi connectivity index (χ1) is 12.6. The maximum Gasteiger partial charge on any atom is 0.258 e. The van der Waals surface area contributed by atoms with E-state index in [1.165, 1.54) is 5.39 Å². The molecule has 1 atom stereocenters. The van der Waals surface area contributed by atoms with Gasteiger partial charge in [-0.3, -0.25) is 4.79 Å². The minimum atomic E-state index is -0.211. The molecule has 0 saturated heterocycles. The van der Waals surface area contributed by atoms with Crippen LogP contribution in [-0.2, 0) is 11.4 Å². The zero-order valence-electron chi connectivity index (χ0n) is 14.4. The van der Waals surface area contributed by atoms with Gasteiger partial charge in [-0.1, -0.05) is 52.3 Å². The van der Waals surface area contributed by atoms with Crippen molar-refractivity contribution in [3.63, 3.8) is 0 Å². The first kappa shape index (κ1) is 18.4. The lowest BCUT2D eigenvalue weighted by atomic mass is 10.0. The Kier molecular flexibility index (Phi) is 5.91. The van der Waals surface area contributed by atoms with Gasteiger partial charge in [0.2, 0.25) is 0 Å². The fourth-order valence-corrected chi connectivity index (χ4v) is 3.21. The van der Waals surface area contributed by atoms with Crippen molar-refractivity contribution in [3.05, 3.63) is 76.3 Å². The SMILES string of the molecule is CC(NC(=O)COc1ccc(Br)cc1CO)c1ccc2ccccc2c1. The standard InChI is InChI=1S/C21H20BrNO3/c1-14(16-7-6-15-4-2-3-5-17(15)10-16)23-21(25)13-26-20-9-8-19(22)11-18(20)12-24/h2-11,14,24H,12-13H2,1H3,(H,23,25). The van der Waals surface area contributed by atoms with E-state index in [-0.39, 0.29) is 25.2 Å². The maximum absolute atomic E-state index is 12.2. The molecule has 3 aromatic carbocycles. The molecule has 0 heterocycles. The van der Waals surface area contributed by atoms with Crippen LogP contribution in [0.3, 0.4) is 0 Å². The summed E-state index contributed by atoms with van der Waals surface area (Å²) in [7, 11) is 0. The van der Waals surface area contributed by atoms with E-state index < -0.39 is 0 Å². The van der Waals surface area contributed by atoms with E-state index in [4.69, 9.17) is 4.74 Å². The molecular formula is C21H20BrNO3. The average Bonchev–Trinajstić information content (AvgIpc) is 2.66. The fourth-order valence-electron chi connectivity index (χ4n) is 2.80. The predicted octanol–water partition coefficient (Wildman–Crippen LogP) is 4.35. The van der Waals surface area contributed by atoms with Crippen molar-refractivity contribution in [2.24, 2.45) is 0 Å². The number of halogens is 1. The molecule has 0 bridgehead atoms. The molecule has 0 radical (unpaired) electrons. The Morgan fingerprint density at radius 1 is 1.12 bits per heavy atom. The van der Waals surface area contributed by atoms with Gasteiger partial charge in [0.25, 0.3) is 5.91 Å². The van der Waals surface area contributed by atoms with E-state index in [2.05, 4.69) is 45.5 Å². The monoisotopic (exact) mass is 413 g/mol. The Bertz CT molecular complexity index is 926. The molecule has 3 rings (SSSR count). The van der Waals surface area contributed by atoms with Gasteiger partial charge in [-0.15, -0.1) is 0 Å². The summed E-state index contributed by atoms with van der Waals surface area (Å²) in [6, 6.07) is 19.5. The molecule has 2 N–H and O–H groups in total. The van der Waals surface area contributed by atoms with Gasteiger partial charge in [0.05, 0.1) is 12.6 Å². The number of aliphatic hydroxyl groups is 1. The number of rotatable bonds is 6. The predicted molar refractivity (Wildman–Crippen MR) is 106 cm³/mol. The summed E-state index contributed by atoms with van der Waals surface area (Å²) in [5, 5.41) is 14.6. The lowest BCUT2D eigenvalue weighted by Crippen LogP contribution is -2.31. The lowest BCUT2D eigenvalue weighted by molar-refractivity contribution is -0.123. The second-order valence-electron chi connectivity index (χ2n) is 6.09. The average molecular weight is 414 g/mol. The molecule has 0 aliphatic carbocycles. The highest BCUT2D eigenvalue weighted by Crippen LogP contribution is 2.23. The Morgan fingerprint density at radius 3 is 2.65 bits per heavy atom. The van der Waals surface area contributed by atoms with Crippen LogP contribution >= 0.6 is 15.9 Å². The molecule has 0 aliphatic heterocycles. The van der Waals surface area contributed by atoms with Gasteiger partial charge < -0.3 is 15.2 Å². The Morgan fingerprint density at radius 2 is 1.88 bits per heavy atom. The number of fused-ring (bicyclic) bond motifs is 1. The fraction of sp³-hybridized carbons (Fsp3) is 0.190. The summed E-state index contributed by atoms with van der Waals surface area (Å²) in [6.07, 6.45) is 0. The highest BCUT2D eigenvalue weighted by atomic mass is 79.9.